The van der Waals surface area contributed by atoms with Crippen LogP contribution in [0.2, 0.25) is 0 Å². The minimum atomic E-state index is 0.742. The third-order valence-electron chi connectivity index (χ3n) is 3.72. The molecule has 1 aromatic heterocycles. The number of piperidine rings is 1. The van der Waals surface area contributed by atoms with Crippen molar-refractivity contribution in [3.05, 3.63) is 21.9 Å². The summed E-state index contributed by atoms with van der Waals surface area (Å²) in [5, 5.41) is 3.54. The van der Waals surface area contributed by atoms with E-state index in [0.717, 1.165) is 12.6 Å². The van der Waals surface area contributed by atoms with Crippen LogP contribution in [-0.4, -0.2) is 30.6 Å². The number of thiophene rings is 1. The highest BCUT2D eigenvalue weighted by Crippen LogP contribution is 2.21. The van der Waals surface area contributed by atoms with Crippen LogP contribution in [0.3, 0.4) is 0 Å². The zero-order valence-corrected chi connectivity index (χ0v) is 12.6. The summed E-state index contributed by atoms with van der Waals surface area (Å²) in [6.07, 6.45) is 5.11. The van der Waals surface area contributed by atoms with Gasteiger partial charge < -0.3 is 5.32 Å². The maximum Gasteiger partial charge on any atom is 0.0331 e. The summed E-state index contributed by atoms with van der Waals surface area (Å²) in [7, 11) is 0. The second kappa shape index (κ2) is 7.27. The van der Waals surface area contributed by atoms with Gasteiger partial charge in [-0.05, 0) is 50.9 Å². The van der Waals surface area contributed by atoms with Crippen molar-refractivity contribution in [2.75, 3.05) is 19.6 Å². The Morgan fingerprint density at radius 2 is 2.17 bits per heavy atom. The van der Waals surface area contributed by atoms with Crippen LogP contribution in [0.25, 0.3) is 0 Å². The lowest BCUT2D eigenvalue weighted by Gasteiger charge is -2.34. The Balaban J connectivity index is 1.95. The molecule has 0 spiro atoms. The summed E-state index contributed by atoms with van der Waals surface area (Å²) >= 11 is 1.99. The first-order chi connectivity index (χ1) is 8.83. The summed E-state index contributed by atoms with van der Waals surface area (Å²) in [5.41, 5.74) is 0. The zero-order chi connectivity index (χ0) is 12.8. The van der Waals surface area contributed by atoms with E-state index in [1.165, 1.54) is 55.1 Å². The van der Waals surface area contributed by atoms with Gasteiger partial charge in [0.15, 0.2) is 0 Å². The second-order valence-electron chi connectivity index (χ2n) is 5.19. The predicted octanol–water partition coefficient (Wildman–Crippen LogP) is 3.27. The van der Waals surface area contributed by atoms with E-state index in [1.807, 2.05) is 11.3 Å². The van der Waals surface area contributed by atoms with Crippen LogP contribution in [-0.2, 0) is 13.0 Å². The van der Waals surface area contributed by atoms with Crippen LogP contribution in [0.4, 0.5) is 0 Å². The largest absolute Gasteiger partial charge is 0.315 e. The third kappa shape index (κ3) is 3.81. The topological polar surface area (TPSA) is 15.3 Å². The predicted molar refractivity (Wildman–Crippen MR) is 80.3 cm³/mol. The first-order valence-corrected chi connectivity index (χ1v) is 8.17. The van der Waals surface area contributed by atoms with E-state index in [2.05, 4.69) is 36.2 Å². The zero-order valence-electron chi connectivity index (χ0n) is 11.7. The Bertz CT molecular complexity index is 342. The van der Waals surface area contributed by atoms with Gasteiger partial charge in [-0.2, -0.15) is 0 Å². The van der Waals surface area contributed by atoms with Gasteiger partial charge in [-0.1, -0.05) is 13.8 Å². The Kier molecular flexibility index (Phi) is 5.67. The number of hydrogen-bond donors (Lipinski definition) is 1. The normalized spacial score (nSPS) is 20.5. The molecular formula is C15H26N2S. The van der Waals surface area contributed by atoms with Crippen LogP contribution < -0.4 is 5.32 Å². The monoisotopic (exact) mass is 266 g/mol. The van der Waals surface area contributed by atoms with Gasteiger partial charge in [0.05, 0.1) is 0 Å². The van der Waals surface area contributed by atoms with Gasteiger partial charge in [-0.15, -0.1) is 11.3 Å². The summed E-state index contributed by atoms with van der Waals surface area (Å²) in [4.78, 5) is 5.73. The van der Waals surface area contributed by atoms with Crippen LogP contribution in [0.5, 0.6) is 0 Å². The Labute approximate surface area is 115 Å². The van der Waals surface area contributed by atoms with E-state index in [1.54, 1.807) is 0 Å². The van der Waals surface area contributed by atoms with Crippen molar-refractivity contribution in [3.63, 3.8) is 0 Å². The molecule has 1 unspecified atom stereocenters. The molecule has 1 fully saturated rings. The molecule has 0 aliphatic carbocycles. The summed E-state index contributed by atoms with van der Waals surface area (Å²) in [6, 6.07) is 5.36. The van der Waals surface area contributed by atoms with Crippen molar-refractivity contribution >= 4 is 11.3 Å². The van der Waals surface area contributed by atoms with Gasteiger partial charge >= 0.3 is 0 Å². The maximum atomic E-state index is 3.54. The molecule has 1 N–H and O–H groups in total. The Morgan fingerprint density at radius 3 is 2.78 bits per heavy atom. The Morgan fingerprint density at radius 1 is 1.33 bits per heavy atom. The lowest BCUT2D eigenvalue weighted by Crippen LogP contribution is -2.45. The molecule has 2 rings (SSSR count). The first kappa shape index (κ1) is 14.0. The van der Waals surface area contributed by atoms with Gasteiger partial charge in [-0.3, -0.25) is 4.90 Å². The molecule has 0 aromatic carbocycles. The molecule has 18 heavy (non-hydrogen) atoms. The van der Waals surface area contributed by atoms with E-state index in [0.29, 0.717) is 0 Å². The highest BCUT2D eigenvalue weighted by atomic mass is 32.1. The standard InChI is InChI=1S/C15H26N2S/c1-3-10-17(13-6-5-9-16-11-13)12-15-8-7-14(4-2)18-15/h7-8,13,16H,3-6,9-12H2,1-2H3. The second-order valence-corrected chi connectivity index (χ2v) is 6.45. The fraction of sp³-hybridized carbons (Fsp3) is 0.733. The van der Waals surface area contributed by atoms with E-state index >= 15 is 0 Å². The van der Waals surface area contributed by atoms with Crippen LogP contribution in [0, 0.1) is 0 Å². The smallest absolute Gasteiger partial charge is 0.0331 e. The summed E-state index contributed by atoms with van der Waals surface area (Å²) < 4.78 is 0. The van der Waals surface area contributed by atoms with Crippen molar-refractivity contribution in [2.24, 2.45) is 0 Å². The average molecular weight is 266 g/mol. The van der Waals surface area contributed by atoms with Crippen molar-refractivity contribution in [1.82, 2.24) is 10.2 Å². The van der Waals surface area contributed by atoms with E-state index < -0.39 is 0 Å². The highest BCUT2D eigenvalue weighted by Gasteiger charge is 2.20. The average Bonchev–Trinajstić information content (AvgIpc) is 2.87. The Hall–Kier alpha value is -0.380. The molecule has 1 atom stereocenters. The molecule has 0 radical (unpaired) electrons. The van der Waals surface area contributed by atoms with Gasteiger partial charge in [0.1, 0.15) is 0 Å². The number of nitrogens with zero attached hydrogens (tertiary/aromatic N) is 1. The van der Waals surface area contributed by atoms with Crippen molar-refractivity contribution in [3.8, 4) is 0 Å². The molecule has 1 aliphatic rings. The minimum absolute atomic E-state index is 0.742. The molecule has 0 saturated carbocycles. The van der Waals surface area contributed by atoms with Crippen LogP contribution >= 0.6 is 11.3 Å². The molecule has 3 heteroatoms. The fourth-order valence-electron chi connectivity index (χ4n) is 2.72. The third-order valence-corrected chi connectivity index (χ3v) is 4.94. The molecule has 1 aromatic rings. The quantitative estimate of drug-likeness (QED) is 0.850. The van der Waals surface area contributed by atoms with Gasteiger partial charge in [0.2, 0.25) is 0 Å². The molecular weight excluding hydrogens is 240 g/mol. The lowest BCUT2D eigenvalue weighted by atomic mass is 10.1. The lowest BCUT2D eigenvalue weighted by molar-refractivity contribution is 0.159. The van der Waals surface area contributed by atoms with Crippen LogP contribution in [0.15, 0.2) is 12.1 Å². The van der Waals surface area contributed by atoms with E-state index in [9.17, 15) is 0 Å². The number of hydrogen-bond acceptors (Lipinski definition) is 3. The van der Waals surface area contributed by atoms with Crippen molar-refractivity contribution < 1.29 is 0 Å². The summed E-state index contributed by atoms with van der Waals surface area (Å²) in [6.45, 7) is 9.28. The van der Waals surface area contributed by atoms with Crippen molar-refractivity contribution in [1.29, 1.82) is 0 Å². The van der Waals surface area contributed by atoms with Gasteiger partial charge in [0, 0.05) is 28.9 Å². The van der Waals surface area contributed by atoms with Crippen LogP contribution in [0.1, 0.15) is 42.9 Å². The maximum absolute atomic E-state index is 3.54. The van der Waals surface area contributed by atoms with Gasteiger partial charge in [-0.25, -0.2) is 0 Å². The van der Waals surface area contributed by atoms with E-state index in [-0.39, 0.29) is 0 Å². The number of aryl methyl sites for hydroxylation is 1. The minimum Gasteiger partial charge on any atom is -0.315 e. The van der Waals surface area contributed by atoms with E-state index in [4.69, 9.17) is 0 Å². The number of rotatable bonds is 6. The summed E-state index contributed by atoms with van der Waals surface area (Å²) in [5.74, 6) is 0. The van der Waals surface area contributed by atoms with Crippen molar-refractivity contribution in [2.45, 2.75) is 52.1 Å². The molecule has 2 nitrogen and oxygen atoms in total. The number of nitrogens with one attached hydrogen (secondary N) is 1. The fourth-order valence-corrected chi connectivity index (χ4v) is 3.70. The highest BCUT2D eigenvalue weighted by molar-refractivity contribution is 7.11. The molecule has 2 heterocycles. The first-order valence-electron chi connectivity index (χ1n) is 7.35. The molecule has 0 bridgehead atoms. The molecule has 1 aliphatic heterocycles. The SMILES string of the molecule is CCCN(Cc1ccc(CC)s1)C1CCCNC1. The molecule has 1 saturated heterocycles. The molecule has 102 valence electrons. The van der Waals surface area contributed by atoms with Gasteiger partial charge in [0.25, 0.3) is 0 Å². The molecule has 0 amide bonds.